The van der Waals surface area contributed by atoms with Gasteiger partial charge in [-0.2, -0.15) is 0 Å². The highest BCUT2D eigenvalue weighted by molar-refractivity contribution is 5.79. The lowest BCUT2D eigenvalue weighted by Crippen LogP contribution is -2.52. The van der Waals surface area contributed by atoms with Gasteiger partial charge in [0.2, 0.25) is 5.91 Å². The molecule has 1 fully saturated rings. The minimum absolute atomic E-state index is 0.0735. The van der Waals surface area contributed by atoms with Gasteiger partial charge in [-0.05, 0) is 19.3 Å². The second kappa shape index (κ2) is 2.59. The molecule has 0 radical (unpaired) electrons. The van der Waals surface area contributed by atoms with Gasteiger partial charge in [0.05, 0.1) is 11.6 Å². The molecule has 66 valence electrons. The monoisotopic (exact) mass is 167 g/mol. The van der Waals surface area contributed by atoms with Gasteiger partial charge in [-0.3, -0.25) is 4.79 Å². The van der Waals surface area contributed by atoms with Crippen molar-refractivity contribution in [1.82, 2.24) is 5.32 Å². The van der Waals surface area contributed by atoms with Crippen molar-refractivity contribution in [2.24, 2.45) is 0 Å². The van der Waals surface area contributed by atoms with E-state index >= 15 is 0 Å². The molecule has 1 aliphatic carbocycles. The first-order valence-electron chi connectivity index (χ1n) is 4.37. The Hall–Kier alpha value is -0.830. The number of carbonyl (C=O) groups is 1. The molecule has 2 unspecified atom stereocenters. The predicted molar refractivity (Wildman–Crippen MR) is 44.5 cm³/mol. The topological polar surface area (TPSA) is 49.3 Å². The van der Waals surface area contributed by atoms with Gasteiger partial charge in [-0.15, -0.1) is 0 Å². The molecule has 1 heterocycles. The van der Waals surface area contributed by atoms with E-state index in [1.165, 1.54) is 0 Å². The molecule has 3 heteroatoms. The highest BCUT2D eigenvalue weighted by atomic mass is 16.3. The maximum Gasteiger partial charge on any atom is 0.220 e. The van der Waals surface area contributed by atoms with Crippen LogP contribution in [0.15, 0.2) is 12.2 Å². The molecule has 0 aromatic heterocycles. The lowest BCUT2D eigenvalue weighted by Gasteiger charge is -2.35. The first kappa shape index (κ1) is 7.80. The molecule has 2 atom stereocenters. The Bertz CT molecular complexity index is 237. The Morgan fingerprint density at radius 1 is 1.58 bits per heavy atom. The number of carbonyl (C=O) groups excluding carboxylic acids is 1. The summed E-state index contributed by atoms with van der Waals surface area (Å²) < 4.78 is 0. The van der Waals surface area contributed by atoms with Crippen molar-refractivity contribution in [2.45, 2.75) is 37.3 Å². The molecule has 2 rings (SSSR count). The van der Waals surface area contributed by atoms with E-state index in [-0.39, 0.29) is 11.4 Å². The third kappa shape index (κ3) is 1.05. The number of aliphatic hydroxyl groups excluding tert-OH is 1. The molecule has 1 amide bonds. The number of hydrogen-bond acceptors (Lipinski definition) is 2. The standard InChI is InChI=1S/C9H13NO2/c11-7-3-1-2-5-9(7)6-4-8(12)10-9/h1-2,7,11H,3-6H2,(H,10,12). The molecule has 0 saturated carbocycles. The molecule has 3 nitrogen and oxygen atoms in total. The fraction of sp³-hybridized carbons (Fsp3) is 0.667. The second-order valence-electron chi connectivity index (χ2n) is 3.63. The zero-order valence-corrected chi connectivity index (χ0v) is 6.92. The van der Waals surface area contributed by atoms with E-state index in [1.807, 2.05) is 12.2 Å². The first-order chi connectivity index (χ1) is 5.73. The van der Waals surface area contributed by atoms with E-state index in [4.69, 9.17) is 0 Å². The number of nitrogens with one attached hydrogen (secondary N) is 1. The molecule has 1 saturated heterocycles. The summed E-state index contributed by atoms with van der Waals surface area (Å²) in [5.41, 5.74) is -0.328. The maximum atomic E-state index is 11.0. The average molecular weight is 167 g/mol. The average Bonchev–Trinajstić information content (AvgIpc) is 2.41. The van der Waals surface area contributed by atoms with Gasteiger partial charge in [0.25, 0.3) is 0 Å². The Balaban J connectivity index is 2.19. The van der Waals surface area contributed by atoms with Crippen molar-refractivity contribution in [3.05, 3.63) is 12.2 Å². The predicted octanol–water partition coefficient (Wildman–Crippen LogP) is 0.346. The Labute approximate surface area is 71.5 Å². The molecular formula is C9H13NO2. The smallest absolute Gasteiger partial charge is 0.220 e. The van der Waals surface area contributed by atoms with Crippen molar-refractivity contribution in [3.63, 3.8) is 0 Å². The van der Waals surface area contributed by atoms with Gasteiger partial charge in [-0.25, -0.2) is 0 Å². The molecule has 2 N–H and O–H groups in total. The van der Waals surface area contributed by atoms with Crippen LogP contribution in [0.1, 0.15) is 25.7 Å². The minimum Gasteiger partial charge on any atom is -0.390 e. The molecule has 0 aromatic carbocycles. The van der Waals surface area contributed by atoms with Crippen LogP contribution in [0.25, 0.3) is 0 Å². The molecular weight excluding hydrogens is 154 g/mol. The fourth-order valence-corrected chi connectivity index (χ4v) is 2.02. The Morgan fingerprint density at radius 3 is 3.00 bits per heavy atom. The SMILES string of the molecule is O=C1CCC2(CC=CCC2O)N1. The van der Waals surface area contributed by atoms with Gasteiger partial charge in [0, 0.05) is 6.42 Å². The zero-order chi connectivity index (χ0) is 8.60. The Morgan fingerprint density at radius 2 is 2.42 bits per heavy atom. The molecule has 0 aromatic rings. The van der Waals surface area contributed by atoms with E-state index in [1.54, 1.807) is 0 Å². The zero-order valence-electron chi connectivity index (χ0n) is 6.92. The summed E-state index contributed by atoms with van der Waals surface area (Å²) in [6.07, 6.45) is 6.40. The van der Waals surface area contributed by atoms with Crippen LogP contribution in [0.5, 0.6) is 0 Å². The van der Waals surface area contributed by atoms with Crippen molar-refractivity contribution >= 4 is 5.91 Å². The summed E-state index contributed by atoms with van der Waals surface area (Å²) in [6, 6.07) is 0. The highest BCUT2D eigenvalue weighted by Gasteiger charge is 2.43. The summed E-state index contributed by atoms with van der Waals surface area (Å²) in [7, 11) is 0. The quantitative estimate of drug-likeness (QED) is 0.511. The third-order valence-electron chi connectivity index (χ3n) is 2.83. The molecule has 12 heavy (non-hydrogen) atoms. The number of rotatable bonds is 0. The summed E-state index contributed by atoms with van der Waals surface area (Å²) in [5, 5.41) is 12.6. The van der Waals surface area contributed by atoms with Gasteiger partial charge >= 0.3 is 0 Å². The lowest BCUT2D eigenvalue weighted by atomic mass is 9.82. The van der Waals surface area contributed by atoms with E-state index in [2.05, 4.69) is 5.32 Å². The van der Waals surface area contributed by atoms with Crippen LogP contribution in [0.4, 0.5) is 0 Å². The van der Waals surface area contributed by atoms with Crippen LogP contribution in [-0.2, 0) is 4.79 Å². The van der Waals surface area contributed by atoms with Gasteiger partial charge < -0.3 is 10.4 Å². The van der Waals surface area contributed by atoms with Crippen molar-refractivity contribution < 1.29 is 9.90 Å². The molecule has 0 bridgehead atoms. The number of amides is 1. The Kier molecular flexibility index (Phi) is 1.68. The number of aliphatic hydroxyl groups is 1. The molecule has 1 aliphatic heterocycles. The van der Waals surface area contributed by atoms with E-state index in [0.29, 0.717) is 12.8 Å². The van der Waals surface area contributed by atoms with Crippen molar-refractivity contribution in [1.29, 1.82) is 0 Å². The van der Waals surface area contributed by atoms with E-state index in [0.717, 1.165) is 12.8 Å². The van der Waals surface area contributed by atoms with Crippen molar-refractivity contribution in [2.75, 3.05) is 0 Å². The summed E-state index contributed by atoms with van der Waals surface area (Å²) in [5.74, 6) is 0.0735. The van der Waals surface area contributed by atoms with Crippen LogP contribution in [-0.4, -0.2) is 22.7 Å². The first-order valence-corrected chi connectivity index (χ1v) is 4.37. The van der Waals surface area contributed by atoms with E-state index < -0.39 is 6.10 Å². The maximum absolute atomic E-state index is 11.0. The normalized spacial score (nSPS) is 40.4. The van der Waals surface area contributed by atoms with Crippen LogP contribution in [0, 0.1) is 0 Å². The largest absolute Gasteiger partial charge is 0.390 e. The van der Waals surface area contributed by atoms with Crippen LogP contribution in [0.3, 0.4) is 0 Å². The third-order valence-corrected chi connectivity index (χ3v) is 2.83. The minimum atomic E-state index is -0.394. The van der Waals surface area contributed by atoms with Gasteiger partial charge in [-0.1, -0.05) is 12.2 Å². The summed E-state index contributed by atoms with van der Waals surface area (Å²) in [4.78, 5) is 11.0. The van der Waals surface area contributed by atoms with E-state index in [9.17, 15) is 9.90 Å². The second-order valence-corrected chi connectivity index (χ2v) is 3.63. The summed E-state index contributed by atoms with van der Waals surface area (Å²) in [6.45, 7) is 0. The van der Waals surface area contributed by atoms with Gasteiger partial charge in [0.15, 0.2) is 0 Å². The highest BCUT2D eigenvalue weighted by Crippen LogP contribution is 2.32. The van der Waals surface area contributed by atoms with Crippen molar-refractivity contribution in [3.8, 4) is 0 Å². The molecule has 2 aliphatic rings. The number of hydrogen-bond donors (Lipinski definition) is 2. The van der Waals surface area contributed by atoms with Crippen LogP contribution >= 0.6 is 0 Å². The fourth-order valence-electron chi connectivity index (χ4n) is 2.02. The van der Waals surface area contributed by atoms with Crippen LogP contribution in [0.2, 0.25) is 0 Å². The lowest BCUT2D eigenvalue weighted by molar-refractivity contribution is -0.120. The molecule has 1 spiro atoms. The summed E-state index contributed by atoms with van der Waals surface area (Å²) >= 11 is 0. The van der Waals surface area contributed by atoms with Crippen LogP contribution < -0.4 is 5.32 Å². The van der Waals surface area contributed by atoms with Gasteiger partial charge in [0.1, 0.15) is 0 Å².